The molecule has 1 atom stereocenters. The lowest BCUT2D eigenvalue weighted by molar-refractivity contribution is 0.309. The fourth-order valence-electron chi connectivity index (χ4n) is 1.45. The monoisotopic (exact) mass is 181 g/mol. The summed E-state index contributed by atoms with van der Waals surface area (Å²) in [5.74, 6) is 0.959. The molecule has 0 aliphatic carbocycles. The van der Waals surface area contributed by atoms with Gasteiger partial charge >= 0.3 is 0 Å². The van der Waals surface area contributed by atoms with Crippen molar-refractivity contribution in [2.45, 2.75) is 45.1 Å². The van der Waals surface area contributed by atoms with E-state index in [1.165, 1.54) is 19.3 Å². The van der Waals surface area contributed by atoms with Gasteiger partial charge < -0.3 is 4.74 Å². The Morgan fingerprint density at radius 3 is 3.15 bits per heavy atom. The predicted octanol–water partition coefficient (Wildman–Crippen LogP) is 2.94. The van der Waals surface area contributed by atoms with E-state index in [1.807, 2.05) is 6.08 Å². The molecule has 1 aliphatic rings. The molecule has 1 heterocycles. The van der Waals surface area contributed by atoms with Gasteiger partial charge in [-0.15, -0.1) is 6.58 Å². The zero-order valence-electron chi connectivity index (χ0n) is 8.46. The van der Waals surface area contributed by atoms with Crippen LogP contribution in [0.3, 0.4) is 0 Å². The first-order chi connectivity index (χ1) is 6.36. The molecule has 0 radical (unpaired) electrons. The van der Waals surface area contributed by atoms with Crippen molar-refractivity contribution >= 4 is 5.90 Å². The van der Waals surface area contributed by atoms with Crippen LogP contribution in [-0.2, 0) is 4.74 Å². The number of rotatable bonds is 6. The molecule has 0 aromatic rings. The van der Waals surface area contributed by atoms with Crippen LogP contribution in [0, 0.1) is 0 Å². The smallest absolute Gasteiger partial charge is 0.183 e. The first kappa shape index (κ1) is 10.3. The summed E-state index contributed by atoms with van der Waals surface area (Å²) in [7, 11) is 0. The highest BCUT2D eigenvalue weighted by molar-refractivity contribution is 5.77. The Bertz CT molecular complexity index is 187. The van der Waals surface area contributed by atoms with E-state index in [4.69, 9.17) is 4.74 Å². The van der Waals surface area contributed by atoms with Crippen LogP contribution in [0.5, 0.6) is 0 Å². The molecule has 0 fully saturated rings. The molecule has 13 heavy (non-hydrogen) atoms. The molecular formula is C11H19NO. The van der Waals surface area contributed by atoms with Gasteiger partial charge in [0.2, 0.25) is 0 Å². The largest absolute Gasteiger partial charge is 0.479 e. The van der Waals surface area contributed by atoms with E-state index >= 15 is 0 Å². The number of aliphatic imine (C=N–C) groups is 1. The Labute approximate surface area is 80.7 Å². The van der Waals surface area contributed by atoms with Crippen LogP contribution >= 0.6 is 0 Å². The second-order valence-electron chi connectivity index (χ2n) is 3.47. The minimum Gasteiger partial charge on any atom is -0.479 e. The van der Waals surface area contributed by atoms with Crippen LogP contribution in [0.15, 0.2) is 17.6 Å². The van der Waals surface area contributed by atoms with E-state index in [0.29, 0.717) is 6.04 Å². The highest BCUT2D eigenvalue weighted by atomic mass is 16.5. The lowest BCUT2D eigenvalue weighted by Gasteiger charge is -1.99. The third kappa shape index (κ3) is 3.62. The maximum Gasteiger partial charge on any atom is 0.183 e. The Morgan fingerprint density at radius 1 is 1.62 bits per heavy atom. The molecule has 2 nitrogen and oxygen atoms in total. The maximum absolute atomic E-state index is 5.47. The molecule has 0 saturated carbocycles. The number of ether oxygens (including phenoxy) is 1. The van der Waals surface area contributed by atoms with Crippen molar-refractivity contribution < 1.29 is 4.74 Å². The van der Waals surface area contributed by atoms with Gasteiger partial charge in [-0.3, -0.25) is 0 Å². The second-order valence-corrected chi connectivity index (χ2v) is 3.47. The van der Waals surface area contributed by atoms with Crippen molar-refractivity contribution in [1.82, 2.24) is 0 Å². The van der Waals surface area contributed by atoms with Crippen LogP contribution in [0.4, 0.5) is 0 Å². The minimum atomic E-state index is 0.342. The van der Waals surface area contributed by atoms with E-state index in [2.05, 4.69) is 18.5 Å². The molecule has 0 spiro atoms. The van der Waals surface area contributed by atoms with Gasteiger partial charge in [0.15, 0.2) is 5.90 Å². The standard InChI is InChI=1S/C11H19NO/c1-3-5-6-8-11-12-10(7-4-2)9-13-11/h4,10H,2-3,5-9H2,1H3. The Balaban J connectivity index is 2.19. The first-order valence-corrected chi connectivity index (χ1v) is 5.17. The van der Waals surface area contributed by atoms with Gasteiger partial charge in [0.1, 0.15) is 6.61 Å². The van der Waals surface area contributed by atoms with Gasteiger partial charge in [0.25, 0.3) is 0 Å². The summed E-state index contributed by atoms with van der Waals surface area (Å²) in [6, 6.07) is 0.342. The SMILES string of the molecule is C=CCC1COC(CCCCC)=N1. The fourth-order valence-corrected chi connectivity index (χ4v) is 1.45. The summed E-state index contributed by atoms with van der Waals surface area (Å²) in [6.45, 7) is 6.66. The van der Waals surface area contributed by atoms with Gasteiger partial charge in [-0.25, -0.2) is 4.99 Å². The third-order valence-electron chi connectivity index (χ3n) is 2.20. The zero-order chi connectivity index (χ0) is 9.52. The van der Waals surface area contributed by atoms with Crippen molar-refractivity contribution in [3.63, 3.8) is 0 Å². The Hall–Kier alpha value is -0.790. The minimum absolute atomic E-state index is 0.342. The topological polar surface area (TPSA) is 21.6 Å². The second kappa shape index (κ2) is 5.79. The summed E-state index contributed by atoms with van der Waals surface area (Å²) >= 11 is 0. The third-order valence-corrected chi connectivity index (χ3v) is 2.20. The van der Waals surface area contributed by atoms with Crippen LogP contribution in [0.2, 0.25) is 0 Å². The summed E-state index contributed by atoms with van der Waals surface area (Å²) in [5, 5.41) is 0. The van der Waals surface area contributed by atoms with E-state index in [9.17, 15) is 0 Å². The van der Waals surface area contributed by atoms with Gasteiger partial charge in [-0.05, 0) is 12.8 Å². The Kier molecular flexibility index (Phi) is 4.58. The van der Waals surface area contributed by atoms with E-state index in [1.54, 1.807) is 0 Å². The molecule has 1 unspecified atom stereocenters. The van der Waals surface area contributed by atoms with Gasteiger partial charge in [0.05, 0.1) is 6.04 Å². The Morgan fingerprint density at radius 2 is 2.46 bits per heavy atom. The number of hydrogen-bond acceptors (Lipinski definition) is 2. The highest BCUT2D eigenvalue weighted by Gasteiger charge is 2.16. The number of unbranched alkanes of at least 4 members (excludes halogenated alkanes) is 2. The molecule has 74 valence electrons. The molecule has 0 aromatic heterocycles. The molecule has 2 heteroatoms. The molecule has 1 rings (SSSR count). The van der Waals surface area contributed by atoms with Crippen LogP contribution < -0.4 is 0 Å². The molecule has 0 bridgehead atoms. The molecule has 1 aliphatic heterocycles. The summed E-state index contributed by atoms with van der Waals surface area (Å²) < 4.78 is 5.47. The van der Waals surface area contributed by atoms with Gasteiger partial charge in [0, 0.05) is 6.42 Å². The molecular weight excluding hydrogens is 162 g/mol. The quantitative estimate of drug-likeness (QED) is 0.456. The zero-order valence-corrected chi connectivity index (χ0v) is 8.46. The molecule has 0 aromatic carbocycles. The van der Waals surface area contributed by atoms with Crippen LogP contribution in [-0.4, -0.2) is 18.5 Å². The highest BCUT2D eigenvalue weighted by Crippen LogP contribution is 2.12. The van der Waals surface area contributed by atoms with Crippen molar-refractivity contribution in [1.29, 1.82) is 0 Å². The fraction of sp³-hybridized carbons (Fsp3) is 0.727. The lowest BCUT2D eigenvalue weighted by Crippen LogP contribution is -2.03. The number of nitrogens with zero attached hydrogens (tertiary/aromatic N) is 1. The van der Waals surface area contributed by atoms with Gasteiger partial charge in [-0.2, -0.15) is 0 Å². The summed E-state index contributed by atoms with van der Waals surface area (Å²) in [4.78, 5) is 4.47. The lowest BCUT2D eigenvalue weighted by atomic mass is 10.2. The van der Waals surface area contributed by atoms with E-state index in [-0.39, 0.29) is 0 Å². The van der Waals surface area contributed by atoms with Crippen molar-refractivity contribution in [3.05, 3.63) is 12.7 Å². The summed E-state index contributed by atoms with van der Waals surface area (Å²) in [5.41, 5.74) is 0. The van der Waals surface area contributed by atoms with Crippen LogP contribution in [0.1, 0.15) is 39.0 Å². The predicted molar refractivity (Wildman–Crippen MR) is 56.1 cm³/mol. The van der Waals surface area contributed by atoms with Crippen molar-refractivity contribution in [2.24, 2.45) is 4.99 Å². The average molecular weight is 181 g/mol. The molecule has 0 amide bonds. The average Bonchev–Trinajstić information content (AvgIpc) is 2.54. The van der Waals surface area contributed by atoms with E-state index in [0.717, 1.165) is 25.3 Å². The summed E-state index contributed by atoms with van der Waals surface area (Å²) in [6.07, 6.45) is 7.60. The normalized spacial score (nSPS) is 21.0. The molecule has 0 saturated heterocycles. The number of hydrogen-bond donors (Lipinski definition) is 0. The molecule has 0 N–H and O–H groups in total. The van der Waals surface area contributed by atoms with Crippen molar-refractivity contribution in [2.75, 3.05) is 6.61 Å². The van der Waals surface area contributed by atoms with Crippen molar-refractivity contribution in [3.8, 4) is 0 Å². The van der Waals surface area contributed by atoms with Crippen LogP contribution in [0.25, 0.3) is 0 Å². The maximum atomic E-state index is 5.47. The van der Waals surface area contributed by atoms with E-state index < -0.39 is 0 Å². The van der Waals surface area contributed by atoms with Gasteiger partial charge in [-0.1, -0.05) is 25.8 Å². The first-order valence-electron chi connectivity index (χ1n) is 5.17.